The molecule has 27 heavy (non-hydrogen) atoms. The average Bonchev–Trinajstić information content (AvgIpc) is 2.65. The first kappa shape index (κ1) is 18.5. The number of benzene rings is 2. The van der Waals surface area contributed by atoms with Crippen LogP contribution in [0.5, 0.6) is 23.0 Å². The molecule has 0 amide bonds. The molecule has 3 rings (SSSR count). The third-order valence-corrected chi connectivity index (χ3v) is 4.68. The highest BCUT2D eigenvalue weighted by Crippen LogP contribution is 2.46. The number of rotatable bonds is 4. The van der Waals surface area contributed by atoms with E-state index in [4.69, 9.17) is 26.4 Å². The van der Waals surface area contributed by atoms with Gasteiger partial charge in [-0.3, -0.25) is 0 Å². The number of aromatic hydroxyl groups is 1. The van der Waals surface area contributed by atoms with Crippen LogP contribution < -0.4 is 19.9 Å². The number of nitrogens with two attached hydrogens (primary N) is 1. The van der Waals surface area contributed by atoms with Gasteiger partial charge < -0.3 is 25.1 Å². The lowest BCUT2D eigenvalue weighted by molar-refractivity contribution is 0.328. The number of fused-ring (bicyclic) bond motifs is 1. The molecule has 7 heteroatoms. The number of allylic oxidation sites excluding steroid dienone is 1. The predicted octanol–water partition coefficient (Wildman–Crippen LogP) is 3.39. The number of hydrogen-bond acceptors (Lipinski definition) is 6. The van der Waals surface area contributed by atoms with Crippen molar-refractivity contribution in [2.75, 3.05) is 13.7 Å². The fraction of sp³-hybridized carbons (Fsp3) is 0.150. The summed E-state index contributed by atoms with van der Waals surface area (Å²) in [5, 5.41) is 19.4. The van der Waals surface area contributed by atoms with E-state index in [0.717, 1.165) is 5.56 Å². The molecule has 0 aliphatic carbocycles. The molecule has 3 N–H and O–H groups in total. The molecule has 0 radical (unpaired) electrons. The first-order chi connectivity index (χ1) is 13.0. The van der Waals surface area contributed by atoms with E-state index >= 15 is 0 Å². The fourth-order valence-corrected chi connectivity index (χ4v) is 3.52. The number of phenolic OH excluding ortho intramolecular Hbond substituents is 1. The van der Waals surface area contributed by atoms with Crippen LogP contribution >= 0.6 is 15.9 Å². The molecule has 0 fully saturated rings. The number of halogens is 1. The van der Waals surface area contributed by atoms with Gasteiger partial charge in [-0.25, -0.2) is 0 Å². The minimum Gasteiger partial charge on any atom is -0.508 e. The molecular weight excluding hydrogens is 412 g/mol. The van der Waals surface area contributed by atoms with Crippen molar-refractivity contribution in [3.05, 3.63) is 57.4 Å². The highest BCUT2D eigenvalue weighted by atomic mass is 79.9. The third-order valence-electron chi connectivity index (χ3n) is 4.09. The van der Waals surface area contributed by atoms with Gasteiger partial charge >= 0.3 is 0 Å². The molecule has 6 nitrogen and oxygen atoms in total. The van der Waals surface area contributed by atoms with Crippen molar-refractivity contribution in [3.63, 3.8) is 0 Å². The zero-order valence-electron chi connectivity index (χ0n) is 14.3. The van der Waals surface area contributed by atoms with Crippen LogP contribution in [0.2, 0.25) is 0 Å². The van der Waals surface area contributed by atoms with Gasteiger partial charge in [-0.2, -0.15) is 5.26 Å². The number of ether oxygens (including phenoxy) is 3. The summed E-state index contributed by atoms with van der Waals surface area (Å²) in [6.45, 7) is 0.0873. The Bertz CT molecular complexity index is 1020. The summed E-state index contributed by atoms with van der Waals surface area (Å²) in [6.07, 6.45) is 5.26. The van der Waals surface area contributed by atoms with Gasteiger partial charge in [0.2, 0.25) is 5.88 Å². The standard InChI is InChI=1S/C20H15BrN2O4/c1-3-6-26-19-15(21)7-11(8-17(19)25-2)18-13-5-4-12(24)9-16(13)27-20(23)14(18)10-22/h1,4-5,7-9,18,24H,6,23H2,2H3/t18-/m0/s1. The Morgan fingerprint density at radius 2 is 2.15 bits per heavy atom. The second-order valence-electron chi connectivity index (χ2n) is 5.67. The van der Waals surface area contributed by atoms with Crippen LogP contribution in [0.1, 0.15) is 17.0 Å². The van der Waals surface area contributed by atoms with Gasteiger partial charge in [0.1, 0.15) is 29.7 Å². The maximum Gasteiger partial charge on any atom is 0.205 e. The van der Waals surface area contributed by atoms with Crippen LogP contribution in [0.15, 0.2) is 46.3 Å². The van der Waals surface area contributed by atoms with E-state index < -0.39 is 5.92 Å². The van der Waals surface area contributed by atoms with Gasteiger partial charge in [-0.15, -0.1) is 6.42 Å². The summed E-state index contributed by atoms with van der Waals surface area (Å²) in [7, 11) is 1.51. The Morgan fingerprint density at radius 1 is 1.37 bits per heavy atom. The minimum absolute atomic E-state index is 0.0108. The third kappa shape index (κ3) is 3.38. The van der Waals surface area contributed by atoms with Gasteiger partial charge in [0, 0.05) is 11.6 Å². The van der Waals surface area contributed by atoms with Gasteiger partial charge in [0.15, 0.2) is 11.5 Å². The summed E-state index contributed by atoms with van der Waals surface area (Å²) in [6, 6.07) is 10.4. The van der Waals surface area contributed by atoms with Crippen LogP contribution in [-0.2, 0) is 0 Å². The summed E-state index contributed by atoms with van der Waals surface area (Å²) in [4.78, 5) is 0. The van der Waals surface area contributed by atoms with Crippen LogP contribution in [0.25, 0.3) is 0 Å². The summed E-state index contributed by atoms with van der Waals surface area (Å²) in [5.74, 6) is 3.25. The summed E-state index contributed by atoms with van der Waals surface area (Å²) in [5.41, 5.74) is 7.65. The van der Waals surface area contributed by atoms with E-state index in [0.29, 0.717) is 27.3 Å². The van der Waals surface area contributed by atoms with Crippen molar-refractivity contribution in [3.8, 4) is 41.4 Å². The van der Waals surface area contributed by atoms with Gasteiger partial charge in [-0.05, 0) is 39.7 Å². The van der Waals surface area contributed by atoms with E-state index in [2.05, 4.69) is 27.9 Å². The normalized spacial score (nSPS) is 15.2. The number of hydrogen-bond donors (Lipinski definition) is 2. The number of nitriles is 1. The van der Waals surface area contributed by atoms with Gasteiger partial charge in [0.05, 0.1) is 17.5 Å². The zero-order chi connectivity index (χ0) is 19.6. The lowest BCUT2D eigenvalue weighted by Crippen LogP contribution is -2.21. The van der Waals surface area contributed by atoms with Crippen molar-refractivity contribution in [1.29, 1.82) is 5.26 Å². The Morgan fingerprint density at radius 3 is 2.81 bits per heavy atom. The Balaban J connectivity index is 2.19. The molecule has 0 spiro atoms. The quantitative estimate of drug-likeness (QED) is 0.727. The molecule has 1 aliphatic rings. The lowest BCUT2D eigenvalue weighted by atomic mass is 9.83. The highest BCUT2D eigenvalue weighted by molar-refractivity contribution is 9.10. The van der Waals surface area contributed by atoms with Crippen LogP contribution in [0.3, 0.4) is 0 Å². The smallest absolute Gasteiger partial charge is 0.205 e. The molecule has 0 bridgehead atoms. The zero-order valence-corrected chi connectivity index (χ0v) is 15.9. The van der Waals surface area contributed by atoms with Crippen LogP contribution in [-0.4, -0.2) is 18.8 Å². The maximum absolute atomic E-state index is 9.74. The monoisotopic (exact) mass is 426 g/mol. The average molecular weight is 427 g/mol. The molecule has 0 aromatic heterocycles. The van der Waals surface area contributed by atoms with Crippen molar-refractivity contribution in [2.24, 2.45) is 5.73 Å². The minimum atomic E-state index is -0.494. The van der Waals surface area contributed by atoms with Crippen molar-refractivity contribution in [1.82, 2.24) is 0 Å². The molecule has 1 aliphatic heterocycles. The van der Waals surface area contributed by atoms with Crippen LogP contribution in [0.4, 0.5) is 0 Å². The molecule has 0 saturated heterocycles. The summed E-state index contributed by atoms with van der Waals surface area (Å²) >= 11 is 3.47. The number of nitrogens with zero attached hydrogens (tertiary/aromatic N) is 1. The molecule has 136 valence electrons. The molecule has 1 atom stereocenters. The molecule has 2 aromatic rings. The summed E-state index contributed by atoms with van der Waals surface area (Å²) < 4.78 is 17.1. The second kappa shape index (κ2) is 7.53. The second-order valence-corrected chi connectivity index (χ2v) is 6.53. The predicted molar refractivity (Wildman–Crippen MR) is 102 cm³/mol. The highest BCUT2D eigenvalue weighted by Gasteiger charge is 2.32. The Labute approximate surface area is 164 Å². The maximum atomic E-state index is 9.74. The van der Waals surface area contributed by atoms with Gasteiger partial charge in [-0.1, -0.05) is 12.0 Å². The number of terminal acetylenes is 1. The fourth-order valence-electron chi connectivity index (χ4n) is 2.95. The van der Waals surface area contributed by atoms with Crippen LogP contribution in [0, 0.1) is 23.7 Å². The van der Waals surface area contributed by atoms with E-state index in [1.165, 1.54) is 19.2 Å². The molecule has 2 aromatic carbocycles. The van der Waals surface area contributed by atoms with Crippen molar-refractivity contribution < 1.29 is 19.3 Å². The lowest BCUT2D eigenvalue weighted by Gasteiger charge is -2.27. The van der Waals surface area contributed by atoms with Gasteiger partial charge in [0.25, 0.3) is 0 Å². The SMILES string of the molecule is C#CCOc1c(Br)cc([C@@H]2C(C#N)=C(N)Oc3cc(O)ccc32)cc1OC. The first-order valence-corrected chi connectivity index (χ1v) is 8.63. The molecule has 1 heterocycles. The largest absolute Gasteiger partial charge is 0.508 e. The van der Waals surface area contributed by atoms with Crippen molar-refractivity contribution >= 4 is 15.9 Å². The molecular formula is C20H15BrN2O4. The van der Waals surface area contributed by atoms with E-state index in [1.54, 1.807) is 12.1 Å². The molecule has 0 unspecified atom stereocenters. The van der Waals surface area contributed by atoms with E-state index in [9.17, 15) is 10.4 Å². The Kier molecular flexibility index (Phi) is 5.16. The number of methoxy groups -OCH3 is 1. The Hall–Kier alpha value is -3.29. The van der Waals surface area contributed by atoms with E-state index in [1.807, 2.05) is 6.07 Å². The molecule has 0 saturated carbocycles. The number of phenols is 1. The van der Waals surface area contributed by atoms with Crippen molar-refractivity contribution in [2.45, 2.75) is 5.92 Å². The van der Waals surface area contributed by atoms with E-state index in [-0.39, 0.29) is 23.8 Å². The topological polar surface area (TPSA) is 97.7 Å². The first-order valence-electron chi connectivity index (χ1n) is 7.84.